The van der Waals surface area contributed by atoms with Gasteiger partial charge in [0.15, 0.2) is 0 Å². The maximum atomic E-state index is 12.2. The molecule has 8 aromatic carbocycles. The molecule has 0 saturated carbocycles. The molecule has 123 heavy (non-hydrogen) atoms. The van der Waals surface area contributed by atoms with Gasteiger partial charge in [0.1, 0.15) is 23.0 Å². The molecule has 10 heterocycles. The first-order valence-electron chi connectivity index (χ1n) is 40.0. The first-order chi connectivity index (χ1) is 57.1. The average molecular weight is 1760 g/mol. The molecule has 4 aliphatic heterocycles. The first-order valence-corrected chi connectivity index (χ1v) is 40.0. The largest absolute Gasteiger partial charge is 0.657 e. The number of aromatic amines is 2. The van der Waals surface area contributed by atoms with Gasteiger partial charge in [-0.2, -0.15) is 0 Å². The molecule has 3 radical (unpaired) electrons. The Morgan fingerprint density at radius 3 is 0.732 bits per heavy atom. The van der Waals surface area contributed by atoms with Crippen molar-refractivity contribution in [3.63, 3.8) is 0 Å². The van der Waals surface area contributed by atoms with Gasteiger partial charge in [-0.1, -0.05) is 229 Å². The molecule has 24 bridgehead atoms. The molecule has 627 valence electrons. The fourth-order valence-electron chi connectivity index (χ4n) is 15.3. The van der Waals surface area contributed by atoms with E-state index in [2.05, 4.69) is 178 Å². The van der Waals surface area contributed by atoms with Crippen LogP contribution < -0.4 is 9.97 Å². The standard InChI is InChI=1S/C50H44N4O2.C50H42N4O2.2C2H4O2.3Co/c2*1-49(2,3)31-25-33-37-17-21-41(51-37)45(29-13-9-7-10-14-29)43-23-19-39(53-43)35-27-32(50(4,5)6)28-36(48(35)56)40-20-24-44(54-40)46(30-15-11-8-12-16-30)42-22-18-38(52-42)34(26-31)47(33)55;2*1-2(3)4;;;/h7-28,51,54-56H,1-6H3;7-28H,1-6H3,(H2-2,51,52,53,54,55,56);2*1H3,(H,3,4);;;/q;-2;;;;;. The molecule has 0 aliphatic carbocycles. The minimum Gasteiger partial charge on any atom is -0.657 e. The van der Waals surface area contributed by atoms with Gasteiger partial charge in [0.2, 0.25) is 0 Å². The molecule has 16 nitrogen and oxygen atoms in total. The Morgan fingerprint density at radius 2 is 0.472 bits per heavy atom. The molecule has 4 aliphatic rings. The smallest absolute Gasteiger partial charge is 0.300 e. The van der Waals surface area contributed by atoms with Gasteiger partial charge in [-0.3, -0.25) is 9.59 Å². The van der Waals surface area contributed by atoms with Crippen molar-refractivity contribution in [2.45, 2.75) is 119 Å². The Hall–Kier alpha value is -12.9. The monoisotopic (exact) mass is 1760 g/mol. The third kappa shape index (κ3) is 18.7. The number of nitrogens with zero attached hydrogens (tertiary/aromatic N) is 6. The summed E-state index contributed by atoms with van der Waals surface area (Å²) in [5.41, 5.74) is 22.5. The quantitative estimate of drug-likeness (QED) is 0.0815. The predicted molar refractivity (Wildman–Crippen MR) is 493 cm³/mol. The number of fused-ring (bicyclic) bond motifs is 32. The Bertz CT molecular complexity index is 6230. The summed E-state index contributed by atoms with van der Waals surface area (Å²) < 4.78 is 0. The van der Waals surface area contributed by atoms with Crippen LogP contribution in [0.25, 0.3) is 180 Å². The number of carbonyl (C=O) groups is 2. The van der Waals surface area contributed by atoms with Crippen molar-refractivity contribution in [3.8, 4) is 67.5 Å². The molecule has 0 unspecified atom stereocenters. The number of nitrogens with one attached hydrogen (secondary N) is 2. The summed E-state index contributed by atoms with van der Waals surface area (Å²) in [6, 6.07) is 73.2. The Balaban J connectivity index is 0.000000202. The summed E-state index contributed by atoms with van der Waals surface area (Å²) in [7, 11) is 0. The van der Waals surface area contributed by atoms with Crippen LogP contribution in [-0.2, 0) is 81.6 Å². The topological polar surface area (TPSA) is 267 Å². The average Bonchev–Trinajstić information content (AvgIpc) is 1.64. The number of aromatic nitrogens is 8. The maximum absolute atomic E-state index is 12.2. The van der Waals surface area contributed by atoms with Gasteiger partial charge >= 0.3 is 0 Å². The number of H-pyrrole nitrogens is 2. The van der Waals surface area contributed by atoms with E-state index in [1.54, 1.807) is 0 Å². The second kappa shape index (κ2) is 35.7. The SMILES string of the molecule is CC(=O)O.CC(=O)O.CC(C)(C)c1cc2c3nc(c(-c4ccccc4)c4ccc([n-]4)c4cc(C(C)(C)C)cc(c5nc(c(-c6ccccc6)c6ccc([n-]6)c(c1)c2O)C=C5)c4O)C=C3.CC(C)(C)c1cc2c3nc(c(-c4ccccc4)c4ccc([nH]4)c4cc(C(C)(C)C)cc(c5nc(c(-c6ccccc6)c6ccc([nH]6)c(c1)c2O)C=C5)c4O)C=C3.[Co].[Co].[Co]. The van der Waals surface area contributed by atoms with Gasteiger partial charge in [0.25, 0.3) is 11.9 Å². The zero-order valence-corrected chi connectivity index (χ0v) is 73.7. The summed E-state index contributed by atoms with van der Waals surface area (Å²) in [4.78, 5) is 56.6. The van der Waals surface area contributed by atoms with Gasteiger partial charge in [0.05, 0.1) is 45.6 Å². The molecule has 14 aromatic rings. The molecular formula is C104H94Co3N8O8-2. The van der Waals surface area contributed by atoms with Crippen molar-refractivity contribution < 1.29 is 90.6 Å². The zero-order valence-electron chi connectivity index (χ0n) is 70.6. The molecule has 0 fully saturated rings. The summed E-state index contributed by atoms with van der Waals surface area (Å²) in [6.07, 6.45) is 15.9. The fourth-order valence-corrected chi connectivity index (χ4v) is 15.3. The molecule has 0 atom stereocenters. The van der Waals surface area contributed by atoms with Crippen LogP contribution in [-0.4, -0.2) is 72.5 Å². The van der Waals surface area contributed by atoms with Gasteiger partial charge in [-0.05, 0) is 199 Å². The van der Waals surface area contributed by atoms with Crippen molar-refractivity contribution >= 4 is 148 Å². The van der Waals surface area contributed by atoms with E-state index in [9.17, 15) is 20.4 Å². The number of benzene rings is 8. The number of hydrogen-bond acceptors (Lipinski definition) is 10. The zero-order chi connectivity index (χ0) is 85.0. The number of phenols is 4. The molecule has 0 spiro atoms. The molecule has 19 heteroatoms. The van der Waals surface area contributed by atoms with Crippen LogP contribution in [0.2, 0.25) is 0 Å². The van der Waals surface area contributed by atoms with E-state index in [4.69, 9.17) is 49.7 Å². The second-order valence-corrected chi connectivity index (χ2v) is 34.5. The number of phenolic OH excluding ortho intramolecular Hbond substituents is 4. The first kappa shape index (κ1) is 89.4. The Morgan fingerprint density at radius 1 is 0.268 bits per heavy atom. The van der Waals surface area contributed by atoms with Gasteiger partial charge in [-0.25, -0.2) is 19.9 Å². The normalized spacial score (nSPS) is 12.1. The van der Waals surface area contributed by atoms with Crippen LogP contribution in [0.4, 0.5) is 0 Å². The third-order valence-electron chi connectivity index (χ3n) is 21.7. The van der Waals surface area contributed by atoms with E-state index < -0.39 is 11.9 Å². The van der Waals surface area contributed by atoms with Crippen LogP contribution in [0.15, 0.2) is 218 Å². The van der Waals surface area contributed by atoms with Crippen LogP contribution in [0.3, 0.4) is 0 Å². The molecule has 6 aromatic heterocycles. The van der Waals surface area contributed by atoms with Crippen LogP contribution >= 0.6 is 0 Å². The van der Waals surface area contributed by atoms with E-state index >= 15 is 0 Å². The number of carboxylic acid groups (broad SMARTS) is 2. The van der Waals surface area contributed by atoms with Crippen LogP contribution in [0.5, 0.6) is 23.0 Å². The second-order valence-electron chi connectivity index (χ2n) is 34.5. The number of aromatic hydroxyl groups is 4. The summed E-state index contributed by atoms with van der Waals surface area (Å²) >= 11 is 0. The number of carboxylic acids is 2. The Kier molecular flexibility index (Phi) is 25.9. The molecule has 8 N–H and O–H groups in total. The van der Waals surface area contributed by atoms with Crippen LogP contribution in [0.1, 0.15) is 165 Å². The number of rotatable bonds is 4. The molecule has 18 rings (SSSR count). The predicted octanol–water partition coefficient (Wildman–Crippen LogP) is 25.2. The van der Waals surface area contributed by atoms with Crippen LogP contribution in [0, 0.1) is 0 Å². The van der Waals surface area contributed by atoms with E-state index in [1.807, 2.05) is 182 Å². The van der Waals surface area contributed by atoms with E-state index in [0.717, 1.165) is 136 Å². The van der Waals surface area contributed by atoms with E-state index in [0.29, 0.717) is 76.9 Å². The van der Waals surface area contributed by atoms with Crippen molar-refractivity contribution in [2.24, 2.45) is 0 Å². The number of hydrogen-bond donors (Lipinski definition) is 8. The summed E-state index contributed by atoms with van der Waals surface area (Å²) in [6.45, 7) is 28.3. The maximum Gasteiger partial charge on any atom is 0.300 e. The van der Waals surface area contributed by atoms with Crippen molar-refractivity contribution in [2.75, 3.05) is 0 Å². The summed E-state index contributed by atoms with van der Waals surface area (Å²) in [5, 5.41) is 68.7. The van der Waals surface area contributed by atoms with Gasteiger partial charge in [-0.15, -0.1) is 22.1 Å². The summed E-state index contributed by atoms with van der Waals surface area (Å²) in [5.74, 6) is -1.11. The van der Waals surface area contributed by atoms with E-state index in [-0.39, 0.29) is 95.0 Å². The molecular weight excluding hydrogens is 1670 g/mol. The van der Waals surface area contributed by atoms with Gasteiger partial charge in [0, 0.05) is 140 Å². The van der Waals surface area contributed by atoms with E-state index in [1.165, 1.54) is 0 Å². The van der Waals surface area contributed by atoms with Crippen molar-refractivity contribution in [3.05, 3.63) is 286 Å². The van der Waals surface area contributed by atoms with Crippen molar-refractivity contribution in [1.82, 2.24) is 39.9 Å². The molecule has 0 saturated heterocycles. The number of aliphatic carboxylic acids is 2. The fraction of sp³-hybridized carbons (Fsp3) is 0.173. The Labute approximate surface area is 745 Å². The van der Waals surface area contributed by atoms with Gasteiger partial charge < -0.3 is 50.6 Å². The molecule has 0 amide bonds. The minimum absolute atomic E-state index is 0. The van der Waals surface area contributed by atoms with Crippen molar-refractivity contribution in [1.29, 1.82) is 0 Å². The minimum atomic E-state index is -0.833. The third-order valence-corrected chi connectivity index (χ3v) is 21.7.